The van der Waals surface area contributed by atoms with Crippen LogP contribution in [0, 0.1) is 20.8 Å². The van der Waals surface area contributed by atoms with Crippen LogP contribution in [0.25, 0.3) is 22.5 Å². The van der Waals surface area contributed by atoms with E-state index in [1.807, 2.05) is 74.6 Å². The summed E-state index contributed by atoms with van der Waals surface area (Å²) in [5, 5.41) is 16.4. The molecule has 4 aromatic rings. The van der Waals surface area contributed by atoms with Crippen LogP contribution < -0.4 is 5.32 Å². The first-order valence-corrected chi connectivity index (χ1v) is 9.76. The first kappa shape index (κ1) is 19.6. The molecule has 1 N–H and O–H groups in total. The molecule has 8 nitrogen and oxygen atoms in total. The predicted octanol–water partition coefficient (Wildman–Crippen LogP) is 3.25. The maximum atomic E-state index is 12.7. The zero-order valence-electron chi connectivity index (χ0n) is 17.8. The van der Waals surface area contributed by atoms with Gasteiger partial charge in [0.2, 0.25) is 5.91 Å². The minimum absolute atomic E-state index is 0.0941. The zero-order valence-corrected chi connectivity index (χ0v) is 17.8. The van der Waals surface area contributed by atoms with Crippen LogP contribution in [0.1, 0.15) is 17.0 Å². The summed E-state index contributed by atoms with van der Waals surface area (Å²) in [7, 11) is 3.80. The van der Waals surface area contributed by atoms with Gasteiger partial charge in [-0.1, -0.05) is 17.7 Å². The molecule has 1 amide bonds. The van der Waals surface area contributed by atoms with Gasteiger partial charge >= 0.3 is 0 Å². The van der Waals surface area contributed by atoms with Crippen LogP contribution in [0.4, 0.5) is 5.69 Å². The molecule has 0 unspecified atom stereocenters. The molecule has 3 heterocycles. The summed E-state index contributed by atoms with van der Waals surface area (Å²) >= 11 is 0. The van der Waals surface area contributed by atoms with Crippen molar-refractivity contribution in [2.75, 3.05) is 5.32 Å². The largest absolute Gasteiger partial charge is 0.324 e. The van der Waals surface area contributed by atoms with Gasteiger partial charge in [-0.15, -0.1) is 0 Å². The Morgan fingerprint density at radius 2 is 1.53 bits per heavy atom. The number of hydrogen-bond acceptors (Lipinski definition) is 4. The van der Waals surface area contributed by atoms with Crippen LogP contribution in [-0.2, 0) is 25.4 Å². The van der Waals surface area contributed by atoms with E-state index >= 15 is 0 Å². The second-order valence-corrected chi connectivity index (χ2v) is 7.52. The van der Waals surface area contributed by atoms with Crippen LogP contribution in [0.5, 0.6) is 0 Å². The molecule has 0 bridgehead atoms. The fourth-order valence-corrected chi connectivity index (χ4v) is 3.36. The molecule has 1 aromatic carbocycles. The molecular weight excluding hydrogens is 378 g/mol. The number of aryl methyl sites for hydroxylation is 3. The van der Waals surface area contributed by atoms with Crippen molar-refractivity contribution in [3.8, 4) is 22.5 Å². The molecule has 3 aromatic heterocycles. The summed E-state index contributed by atoms with van der Waals surface area (Å²) in [5.41, 5.74) is 7.44. The summed E-state index contributed by atoms with van der Waals surface area (Å²) in [6.07, 6.45) is 3.61. The number of benzene rings is 1. The second-order valence-electron chi connectivity index (χ2n) is 7.52. The first-order chi connectivity index (χ1) is 14.3. The molecule has 0 saturated heterocycles. The molecule has 0 spiro atoms. The van der Waals surface area contributed by atoms with E-state index in [1.165, 1.54) is 0 Å². The normalized spacial score (nSPS) is 11.1. The van der Waals surface area contributed by atoms with Crippen molar-refractivity contribution in [3.05, 3.63) is 59.7 Å². The Morgan fingerprint density at radius 3 is 2.10 bits per heavy atom. The van der Waals surface area contributed by atoms with Gasteiger partial charge in [0.05, 0.1) is 23.8 Å². The Kier molecular flexibility index (Phi) is 4.99. The van der Waals surface area contributed by atoms with Gasteiger partial charge in [0, 0.05) is 42.3 Å². The van der Waals surface area contributed by atoms with E-state index in [0.717, 1.165) is 45.2 Å². The summed E-state index contributed by atoms with van der Waals surface area (Å²) in [4.78, 5) is 12.7. The molecule has 8 heteroatoms. The van der Waals surface area contributed by atoms with Gasteiger partial charge in [0.1, 0.15) is 6.54 Å². The van der Waals surface area contributed by atoms with E-state index in [2.05, 4.69) is 15.5 Å². The molecular formula is C22H25N7O. The summed E-state index contributed by atoms with van der Waals surface area (Å²) < 4.78 is 5.36. The summed E-state index contributed by atoms with van der Waals surface area (Å²) in [6.45, 7) is 6.11. The number of hydrogen-bond donors (Lipinski definition) is 1. The third-order valence-electron chi connectivity index (χ3n) is 5.43. The number of aromatic nitrogens is 6. The van der Waals surface area contributed by atoms with E-state index in [1.54, 1.807) is 17.1 Å². The van der Waals surface area contributed by atoms with Crippen molar-refractivity contribution < 1.29 is 4.79 Å². The maximum Gasteiger partial charge on any atom is 0.246 e. The van der Waals surface area contributed by atoms with E-state index < -0.39 is 0 Å². The molecule has 30 heavy (non-hydrogen) atoms. The number of carbonyl (C=O) groups is 1. The number of amides is 1. The Bertz CT molecular complexity index is 1210. The number of anilines is 1. The highest BCUT2D eigenvalue weighted by molar-refractivity contribution is 5.91. The second kappa shape index (κ2) is 7.62. The van der Waals surface area contributed by atoms with Crippen LogP contribution in [0.3, 0.4) is 0 Å². The average Bonchev–Trinajstić information content (AvgIpc) is 3.36. The Hall–Kier alpha value is -3.68. The fourth-order valence-electron chi connectivity index (χ4n) is 3.36. The molecule has 0 aliphatic heterocycles. The highest BCUT2D eigenvalue weighted by Crippen LogP contribution is 2.29. The lowest BCUT2D eigenvalue weighted by molar-refractivity contribution is -0.116. The molecule has 0 atom stereocenters. The van der Waals surface area contributed by atoms with Crippen molar-refractivity contribution in [2.45, 2.75) is 27.3 Å². The monoisotopic (exact) mass is 403 g/mol. The van der Waals surface area contributed by atoms with E-state index in [4.69, 9.17) is 5.10 Å². The summed E-state index contributed by atoms with van der Waals surface area (Å²) in [6, 6.07) is 9.72. The van der Waals surface area contributed by atoms with Gasteiger partial charge in [0.25, 0.3) is 0 Å². The molecule has 0 aliphatic rings. The van der Waals surface area contributed by atoms with Crippen molar-refractivity contribution in [1.29, 1.82) is 0 Å². The Morgan fingerprint density at radius 1 is 0.933 bits per heavy atom. The van der Waals surface area contributed by atoms with Crippen molar-refractivity contribution in [3.63, 3.8) is 0 Å². The quantitative estimate of drug-likeness (QED) is 0.555. The minimum atomic E-state index is -0.140. The smallest absolute Gasteiger partial charge is 0.246 e. The average molecular weight is 403 g/mol. The van der Waals surface area contributed by atoms with Crippen molar-refractivity contribution >= 4 is 11.6 Å². The number of nitrogens with zero attached hydrogens (tertiary/aromatic N) is 6. The lowest BCUT2D eigenvalue weighted by Gasteiger charge is -2.09. The number of nitrogens with one attached hydrogen (secondary N) is 1. The maximum absolute atomic E-state index is 12.7. The number of carbonyl (C=O) groups excluding carboxylic acids is 1. The number of rotatable bonds is 5. The van der Waals surface area contributed by atoms with Crippen molar-refractivity contribution in [2.24, 2.45) is 14.1 Å². The summed E-state index contributed by atoms with van der Waals surface area (Å²) in [5.74, 6) is -0.140. The lowest BCUT2D eigenvalue weighted by atomic mass is 10.1. The van der Waals surface area contributed by atoms with E-state index in [0.29, 0.717) is 0 Å². The van der Waals surface area contributed by atoms with E-state index in [9.17, 15) is 4.79 Å². The van der Waals surface area contributed by atoms with Gasteiger partial charge in [-0.05, 0) is 39.0 Å². The molecule has 0 fully saturated rings. The minimum Gasteiger partial charge on any atom is -0.324 e. The van der Waals surface area contributed by atoms with Crippen LogP contribution >= 0.6 is 0 Å². The molecule has 4 rings (SSSR count). The molecule has 0 aliphatic carbocycles. The third-order valence-corrected chi connectivity index (χ3v) is 5.43. The third kappa shape index (κ3) is 3.63. The van der Waals surface area contributed by atoms with Gasteiger partial charge in [-0.2, -0.15) is 15.3 Å². The van der Waals surface area contributed by atoms with Crippen LogP contribution in [0.2, 0.25) is 0 Å². The van der Waals surface area contributed by atoms with Gasteiger partial charge in [-0.25, -0.2) is 0 Å². The van der Waals surface area contributed by atoms with Crippen LogP contribution in [-0.4, -0.2) is 35.2 Å². The Balaban J connectivity index is 1.69. The SMILES string of the molecule is Cc1ccc(NC(=O)Cn2nc(-c3cnn(C)c3C)cc2-c2cnn(C)c2C)cc1. The standard InChI is InChI=1S/C22H25N7O/c1-14-6-8-17(9-7-14)25-22(30)13-29-21(19-12-24-28(5)16(19)3)10-20(26-29)18-11-23-27(4)15(18)2/h6-12H,13H2,1-5H3,(H,25,30). The molecule has 0 radical (unpaired) electrons. The highest BCUT2D eigenvalue weighted by Gasteiger charge is 2.19. The predicted molar refractivity (Wildman–Crippen MR) is 116 cm³/mol. The highest BCUT2D eigenvalue weighted by atomic mass is 16.2. The fraction of sp³-hybridized carbons (Fsp3) is 0.273. The zero-order chi connectivity index (χ0) is 21.4. The topological polar surface area (TPSA) is 82.6 Å². The van der Waals surface area contributed by atoms with Gasteiger partial charge < -0.3 is 5.32 Å². The Labute approximate surface area is 175 Å². The molecule has 0 saturated carbocycles. The lowest BCUT2D eigenvalue weighted by Crippen LogP contribution is -2.20. The molecule has 154 valence electrons. The van der Waals surface area contributed by atoms with Crippen LogP contribution in [0.15, 0.2) is 42.7 Å². The van der Waals surface area contributed by atoms with Gasteiger partial charge in [-0.3, -0.25) is 18.8 Å². The van der Waals surface area contributed by atoms with Gasteiger partial charge in [0.15, 0.2) is 0 Å². The van der Waals surface area contributed by atoms with E-state index in [-0.39, 0.29) is 12.5 Å². The van der Waals surface area contributed by atoms with Crippen molar-refractivity contribution in [1.82, 2.24) is 29.3 Å². The first-order valence-electron chi connectivity index (χ1n) is 9.76.